The first-order valence-electron chi connectivity index (χ1n) is 3.60. The molecule has 2 rings (SSSR count). The van der Waals surface area contributed by atoms with Crippen LogP contribution in [-0.4, -0.2) is 14.5 Å². The van der Waals surface area contributed by atoms with Crippen molar-refractivity contribution in [2.45, 2.75) is 0 Å². The Bertz CT molecular complexity index is 509. The molecule has 2 aromatic heterocycles. The molecule has 0 aliphatic carbocycles. The van der Waals surface area contributed by atoms with Crippen LogP contribution in [0, 0.1) is 11.3 Å². The van der Waals surface area contributed by atoms with E-state index in [9.17, 15) is 0 Å². The maximum Gasteiger partial charge on any atom is 0.214 e. The van der Waals surface area contributed by atoms with Crippen LogP contribution >= 0.6 is 15.9 Å². The van der Waals surface area contributed by atoms with E-state index in [2.05, 4.69) is 25.9 Å². The molecule has 0 N–H and O–H groups in total. The molecule has 0 atom stereocenters. The van der Waals surface area contributed by atoms with Crippen LogP contribution in [0.25, 0.3) is 11.2 Å². The maximum absolute atomic E-state index is 8.72. The van der Waals surface area contributed by atoms with Crippen LogP contribution in [0.5, 0.6) is 0 Å². The number of pyridine rings is 1. The van der Waals surface area contributed by atoms with Crippen LogP contribution in [0.3, 0.4) is 0 Å². The molecule has 13 heavy (non-hydrogen) atoms. The minimum Gasteiger partial charge on any atom is -0.303 e. The molecule has 64 valence electrons. The van der Waals surface area contributed by atoms with E-state index in [1.54, 1.807) is 17.8 Å². The summed E-state index contributed by atoms with van der Waals surface area (Å²) in [5, 5.41) is 8.72. The van der Waals surface area contributed by atoms with Gasteiger partial charge in [-0.15, -0.1) is 0 Å². The zero-order chi connectivity index (χ0) is 9.42. The number of fused-ring (bicyclic) bond motifs is 1. The maximum atomic E-state index is 8.72. The molecule has 2 heterocycles. The van der Waals surface area contributed by atoms with E-state index in [1.807, 2.05) is 12.1 Å². The summed E-state index contributed by atoms with van der Waals surface area (Å²) in [5.74, 6) is 0.376. The highest BCUT2D eigenvalue weighted by atomic mass is 79.9. The third-order valence-electron chi connectivity index (χ3n) is 1.78. The molecule has 0 unspecified atom stereocenters. The predicted molar refractivity (Wildman–Crippen MR) is 50.9 cm³/mol. The highest BCUT2D eigenvalue weighted by Crippen LogP contribution is 2.16. The van der Waals surface area contributed by atoms with Crippen LogP contribution in [-0.2, 0) is 7.05 Å². The van der Waals surface area contributed by atoms with Gasteiger partial charge in [-0.1, -0.05) is 0 Å². The number of aryl methyl sites for hydroxylation is 1. The van der Waals surface area contributed by atoms with Gasteiger partial charge in [0.05, 0.1) is 0 Å². The molecule has 0 aliphatic rings. The molecule has 5 heteroatoms. The molecule has 2 aromatic rings. The average Bonchev–Trinajstić information content (AvgIpc) is 2.42. The minimum absolute atomic E-state index is 0.376. The number of halogens is 1. The first-order chi connectivity index (χ1) is 6.22. The summed E-state index contributed by atoms with van der Waals surface area (Å²) in [4.78, 5) is 8.25. The number of rotatable bonds is 0. The molecule has 4 nitrogen and oxygen atoms in total. The minimum atomic E-state index is 0.376. The lowest BCUT2D eigenvalue weighted by atomic mass is 10.4. The van der Waals surface area contributed by atoms with Crippen molar-refractivity contribution in [1.29, 1.82) is 5.26 Å². The zero-order valence-corrected chi connectivity index (χ0v) is 8.41. The Balaban J connectivity index is 2.86. The smallest absolute Gasteiger partial charge is 0.214 e. The van der Waals surface area contributed by atoms with Gasteiger partial charge in [-0.25, -0.2) is 9.97 Å². The molecular formula is C8H5BrN4. The van der Waals surface area contributed by atoms with Gasteiger partial charge < -0.3 is 4.57 Å². The van der Waals surface area contributed by atoms with Crippen molar-refractivity contribution in [2.75, 3.05) is 0 Å². The van der Waals surface area contributed by atoms with Gasteiger partial charge in [0.1, 0.15) is 11.6 Å². The van der Waals surface area contributed by atoms with Gasteiger partial charge >= 0.3 is 0 Å². The van der Waals surface area contributed by atoms with Gasteiger partial charge in [0.2, 0.25) is 5.82 Å². The van der Waals surface area contributed by atoms with Crippen molar-refractivity contribution in [3.63, 3.8) is 0 Å². The van der Waals surface area contributed by atoms with Crippen LogP contribution in [0.15, 0.2) is 16.7 Å². The number of nitriles is 1. The standard InChI is InChI=1S/C8H5BrN4/c1-13-7(3-10)12-6-2-5(9)4-11-8(6)13/h2,4H,1H3. The number of nitrogens with zero attached hydrogens (tertiary/aromatic N) is 4. The summed E-state index contributed by atoms with van der Waals surface area (Å²) in [6, 6.07) is 3.84. The molecule has 0 saturated heterocycles. The SMILES string of the molecule is Cn1c(C#N)nc2cc(Br)cnc21. The Labute approximate surface area is 83.0 Å². The van der Waals surface area contributed by atoms with Crippen molar-refractivity contribution in [2.24, 2.45) is 7.05 Å². The number of aromatic nitrogens is 3. The van der Waals surface area contributed by atoms with E-state index in [1.165, 1.54) is 0 Å². The lowest BCUT2D eigenvalue weighted by Crippen LogP contribution is -1.92. The lowest BCUT2D eigenvalue weighted by molar-refractivity contribution is 0.906. The third kappa shape index (κ3) is 1.19. The Morgan fingerprint density at radius 2 is 2.38 bits per heavy atom. The van der Waals surface area contributed by atoms with Crippen LogP contribution in [0.4, 0.5) is 0 Å². The quantitative estimate of drug-likeness (QED) is 0.699. The van der Waals surface area contributed by atoms with Gasteiger partial charge in [-0.3, -0.25) is 0 Å². The van der Waals surface area contributed by atoms with Gasteiger partial charge in [0.15, 0.2) is 5.65 Å². The van der Waals surface area contributed by atoms with Gasteiger partial charge in [0, 0.05) is 17.7 Å². The fourth-order valence-corrected chi connectivity index (χ4v) is 1.47. The second kappa shape index (κ2) is 2.82. The second-order valence-corrected chi connectivity index (χ2v) is 3.52. The van der Waals surface area contributed by atoms with Crippen molar-refractivity contribution in [3.05, 3.63) is 22.6 Å². The van der Waals surface area contributed by atoms with Crippen molar-refractivity contribution in [1.82, 2.24) is 14.5 Å². The summed E-state index contributed by atoms with van der Waals surface area (Å²) in [5.41, 5.74) is 1.45. The monoisotopic (exact) mass is 236 g/mol. The van der Waals surface area contributed by atoms with E-state index in [0.717, 1.165) is 15.6 Å². The van der Waals surface area contributed by atoms with E-state index in [4.69, 9.17) is 5.26 Å². The van der Waals surface area contributed by atoms with Crippen LogP contribution < -0.4 is 0 Å². The summed E-state index contributed by atoms with van der Waals surface area (Å²) in [6.45, 7) is 0. The topological polar surface area (TPSA) is 54.5 Å². The number of imidazole rings is 1. The van der Waals surface area contributed by atoms with Gasteiger partial charge in [-0.2, -0.15) is 5.26 Å². The summed E-state index contributed by atoms with van der Waals surface area (Å²) >= 11 is 3.29. The molecule has 0 amide bonds. The lowest BCUT2D eigenvalue weighted by Gasteiger charge is -1.93. The molecule has 0 saturated carbocycles. The zero-order valence-electron chi connectivity index (χ0n) is 6.82. The van der Waals surface area contributed by atoms with Crippen LogP contribution in [0.2, 0.25) is 0 Å². The number of hydrogen-bond acceptors (Lipinski definition) is 3. The second-order valence-electron chi connectivity index (χ2n) is 2.60. The first-order valence-corrected chi connectivity index (χ1v) is 4.40. The first kappa shape index (κ1) is 8.20. The van der Waals surface area contributed by atoms with Crippen LogP contribution in [0.1, 0.15) is 5.82 Å². The summed E-state index contributed by atoms with van der Waals surface area (Å²) in [7, 11) is 1.77. The average molecular weight is 237 g/mol. The van der Waals surface area contributed by atoms with Gasteiger partial charge in [-0.05, 0) is 22.0 Å². The van der Waals surface area contributed by atoms with Gasteiger partial charge in [0.25, 0.3) is 0 Å². The fraction of sp³-hybridized carbons (Fsp3) is 0.125. The Morgan fingerprint density at radius 3 is 3.08 bits per heavy atom. The van der Waals surface area contributed by atoms with Crippen molar-refractivity contribution >= 4 is 27.1 Å². The Morgan fingerprint density at radius 1 is 1.62 bits per heavy atom. The number of hydrogen-bond donors (Lipinski definition) is 0. The summed E-state index contributed by atoms with van der Waals surface area (Å²) in [6.07, 6.45) is 1.69. The van der Waals surface area contributed by atoms with E-state index < -0.39 is 0 Å². The summed E-state index contributed by atoms with van der Waals surface area (Å²) < 4.78 is 2.53. The molecule has 0 radical (unpaired) electrons. The normalized spacial score (nSPS) is 10.2. The molecule has 0 bridgehead atoms. The van der Waals surface area contributed by atoms with E-state index in [-0.39, 0.29) is 0 Å². The largest absolute Gasteiger partial charge is 0.303 e. The van der Waals surface area contributed by atoms with E-state index in [0.29, 0.717) is 5.82 Å². The molecule has 0 aromatic carbocycles. The van der Waals surface area contributed by atoms with Crippen molar-refractivity contribution in [3.8, 4) is 6.07 Å². The van der Waals surface area contributed by atoms with E-state index >= 15 is 0 Å². The highest BCUT2D eigenvalue weighted by Gasteiger charge is 2.07. The molecule has 0 aliphatic heterocycles. The van der Waals surface area contributed by atoms with Crippen molar-refractivity contribution < 1.29 is 0 Å². The molecular weight excluding hydrogens is 232 g/mol. The Kier molecular flexibility index (Phi) is 1.78. The Hall–Kier alpha value is -1.41. The molecule has 0 fully saturated rings. The molecule has 0 spiro atoms. The predicted octanol–water partition coefficient (Wildman–Crippen LogP) is 1.60. The fourth-order valence-electron chi connectivity index (χ4n) is 1.15. The third-order valence-corrected chi connectivity index (χ3v) is 2.21. The highest BCUT2D eigenvalue weighted by molar-refractivity contribution is 9.10.